The zero-order valence-corrected chi connectivity index (χ0v) is 13.3. The number of hydrogen-bond donors (Lipinski definition) is 0. The van der Waals surface area contributed by atoms with Gasteiger partial charge in [-0.1, -0.05) is 26.2 Å². The lowest BCUT2D eigenvalue weighted by atomic mass is 9.94. The average Bonchev–Trinajstić information content (AvgIpc) is 2.54. The smallest absolute Gasteiger partial charge is 0.176 e. The monoisotopic (exact) mass is 289 g/mol. The SMILES string of the molecule is CCOc1ccc(C(=O)CN(CC)C2CCCCC2)cc1. The van der Waals surface area contributed by atoms with Gasteiger partial charge in [-0.3, -0.25) is 9.69 Å². The van der Waals surface area contributed by atoms with Crippen molar-refractivity contribution in [2.24, 2.45) is 0 Å². The fourth-order valence-corrected chi connectivity index (χ4v) is 3.12. The number of nitrogens with zero attached hydrogens (tertiary/aromatic N) is 1. The Morgan fingerprint density at radius 2 is 1.81 bits per heavy atom. The average molecular weight is 289 g/mol. The van der Waals surface area contributed by atoms with Crippen molar-refractivity contribution in [2.45, 2.75) is 52.0 Å². The topological polar surface area (TPSA) is 29.5 Å². The molecule has 1 aliphatic rings. The standard InChI is InChI=1S/C18H27NO2/c1-3-19(16-8-6-5-7-9-16)14-18(20)15-10-12-17(13-11-15)21-4-2/h10-13,16H,3-9,14H2,1-2H3. The number of rotatable bonds is 7. The van der Waals surface area contributed by atoms with E-state index in [-0.39, 0.29) is 5.78 Å². The molecule has 0 unspecified atom stereocenters. The van der Waals surface area contributed by atoms with Gasteiger partial charge < -0.3 is 4.74 Å². The van der Waals surface area contributed by atoms with Crippen molar-refractivity contribution >= 4 is 5.78 Å². The molecule has 3 nitrogen and oxygen atoms in total. The summed E-state index contributed by atoms with van der Waals surface area (Å²) in [6.07, 6.45) is 6.44. The highest BCUT2D eigenvalue weighted by Crippen LogP contribution is 2.23. The molecule has 0 radical (unpaired) electrons. The van der Waals surface area contributed by atoms with Crippen LogP contribution in [0.5, 0.6) is 5.75 Å². The van der Waals surface area contributed by atoms with Crippen LogP contribution in [0.1, 0.15) is 56.3 Å². The molecule has 116 valence electrons. The lowest BCUT2D eigenvalue weighted by Crippen LogP contribution is -2.40. The Kier molecular flexibility index (Phi) is 6.24. The van der Waals surface area contributed by atoms with Crippen molar-refractivity contribution in [3.8, 4) is 5.75 Å². The summed E-state index contributed by atoms with van der Waals surface area (Å²) in [7, 11) is 0. The van der Waals surface area contributed by atoms with Gasteiger partial charge in [0.05, 0.1) is 13.2 Å². The molecular formula is C18H27NO2. The molecule has 0 bridgehead atoms. The maximum absolute atomic E-state index is 12.4. The van der Waals surface area contributed by atoms with Crippen LogP contribution in [0, 0.1) is 0 Å². The molecule has 1 aromatic carbocycles. The lowest BCUT2D eigenvalue weighted by Gasteiger charge is -2.33. The van der Waals surface area contributed by atoms with Crippen molar-refractivity contribution in [2.75, 3.05) is 19.7 Å². The van der Waals surface area contributed by atoms with E-state index < -0.39 is 0 Å². The van der Waals surface area contributed by atoms with Gasteiger partial charge in [0.1, 0.15) is 5.75 Å². The molecule has 1 aliphatic carbocycles. The summed E-state index contributed by atoms with van der Waals surface area (Å²) < 4.78 is 5.42. The first-order valence-corrected chi connectivity index (χ1v) is 8.24. The second kappa shape index (κ2) is 8.18. The second-order valence-corrected chi connectivity index (χ2v) is 5.74. The highest BCUT2D eigenvalue weighted by atomic mass is 16.5. The molecule has 0 saturated heterocycles. The van der Waals surface area contributed by atoms with Crippen molar-refractivity contribution < 1.29 is 9.53 Å². The lowest BCUT2D eigenvalue weighted by molar-refractivity contribution is 0.0868. The Labute approximate surface area is 128 Å². The number of carbonyl (C=O) groups is 1. The summed E-state index contributed by atoms with van der Waals surface area (Å²) in [4.78, 5) is 14.8. The van der Waals surface area contributed by atoms with Crippen LogP contribution in [0.2, 0.25) is 0 Å². The second-order valence-electron chi connectivity index (χ2n) is 5.74. The van der Waals surface area contributed by atoms with Gasteiger partial charge in [-0.25, -0.2) is 0 Å². The van der Waals surface area contributed by atoms with Gasteiger partial charge >= 0.3 is 0 Å². The molecule has 21 heavy (non-hydrogen) atoms. The highest BCUT2D eigenvalue weighted by molar-refractivity contribution is 5.97. The maximum atomic E-state index is 12.4. The number of likely N-dealkylation sites (N-methyl/N-ethyl adjacent to an activating group) is 1. The maximum Gasteiger partial charge on any atom is 0.176 e. The third-order valence-electron chi connectivity index (χ3n) is 4.33. The van der Waals surface area contributed by atoms with Gasteiger partial charge in [0.2, 0.25) is 0 Å². The van der Waals surface area contributed by atoms with Gasteiger partial charge in [0.15, 0.2) is 5.78 Å². The quantitative estimate of drug-likeness (QED) is 0.712. The molecule has 0 spiro atoms. The number of carbonyl (C=O) groups excluding carboxylic acids is 1. The number of ether oxygens (including phenoxy) is 1. The van der Waals surface area contributed by atoms with Crippen LogP contribution in [0.25, 0.3) is 0 Å². The van der Waals surface area contributed by atoms with E-state index in [1.54, 1.807) is 0 Å². The third kappa shape index (κ3) is 4.57. The van der Waals surface area contributed by atoms with E-state index >= 15 is 0 Å². The van der Waals surface area contributed by atoms with Crippen LogP contribution in [0.3, 0.4) is 0 Å². The van der Waals surface area contributed by atoms with E-state index in [9.17, 15) is 4.79 Å². The zero-order chi connectivity index (χ0) is 15.1. The molecule has 0 atom stereocenters. The molecule has 3 heteroatoms. The number of benzene rings is 1. The Morgan fingerprint density at radius 3 is 2.38 bits per heavy atom. The predicted octanol–water partition coefficient (Wildman–Crippen LogP) is 3.92. The van der Waals surface area contributed by atoms with Crippen molar-refractivity contribution in [1.29, 1.82) is 0 Å². The van der Waals surface area contributed by atoms with E-state index in [0.717, 1.165) is 17.9 Å². The highest BCUT2D eigenvalue weighted by Gasteiger charge is 2.22. The minimum Gasteiger partial charge on any atom is -0.494 e. The van der Waals surface area contributed by atoms with Gasteiger partial charge in [-0.2, -0.15) is 0 Å². The molecule has 1 saturated carbocycles. The van der Waals surface area contributed by atoms with E-state index in [1.165, 1.54) is 32.1 Å². The summed E-state index contributed by atoms with van der Waals surface area (Å²) in [5.74, 6) is 1.04. The van der Waals surface area contributed by atoms with Gasteiger partial charge in [0.25, 0.3) is 0 Å². The van der Waals surface area contributed by atoms with Crippen LogP contribution in [0.4, 0.5) is 0 Å². The van der Waals surface area contributed by atoms with Gasteiger partial charge in [0, 0.05) is 11.6 Å². The third-order valence-corrected chi connectivity index (χ3v) is 4.33. The van der Waals surface area contributed by atoms with Crippen molar-refractivity contribution in [1.82, 2.24) is 4.90 Å². The predicted molar refractivity (Wildman–Crippen MR) is 86.1 cm³/mol. The van der Waals surface area contributed by atoms with E-state index in [0.29, 0.717) is 19.2 Å². The van der Waals surface area contributed by atoms with Gasteiger partial charge in [-0.05, 0) is 50.6 Å². The fourth-order valence-electron chi connectivity index (χ4n) is 3.12. The molecular weight excluding hydrogens is 262 g/mol. The molecule has 0 N–H and O–H groups in total. The molecule has 0 heterocycles. The largest absolute Gasteiger partial charge is 0.494 e. The molecule has 2 rings (SSSR count). The normalized spacial score (nSPS) is 16.1. The Morgan fingerprint density at radius 1 is 1.14 bits per heavy atom. The van der Waals surface area contributed by atoms with Crippen LogP contribution in [0.15, 0.2) is 24.3 Å². The summed E-state index contributed by atoms with van der Waals surface area (Å²) in [6, 6.07) is 8.11. The summed E-state index contributed by atoms with van der Waals surface area (Å²) in [5, 5.41) is 0. The van der Waals surface area contributed by atoms with Crippen molar-refractivity contribution in [3.05, 3.63) is 29.8 Å². The van der Waals surface area contributed by atoms with E-state index in [2.05, 4.69) is 11.8 Å². The first kappa shape index (κ1) is 16.0. The minimum absolute atomic E-state index is 0.213. The first-order chi connectivity index (χ1) is 10.2. The van der Waals surface area contributed by atoms with Crippen LogP contribution >= 0.6 is 0 Å². The molecule has 0 aromatic heterocycles. The van der Waals surface area contributed by atoms with Crippen molar-refractivity contribution in [3.63, 3.8) is 0 Å². The number of ketones is 1. The Hall–Kier alpha value is -1.35. The number of Topliss-reactive ketones (excluding diaryl/α,β-unsaturated/α-hetero) is 1. The Bertz CT molecular complexity index is 435. The zero-order valence-electron chi connectivity index (χ0n) is 13.3. The molecule has 0 amide bonds. The van der Waals surface area contributed by atoms with Crippen LogP contribution in [-0.2, 0) is 0 Å². The summed E-state index contributed by atoms with van der Waals surface area (Å²) in [6.45, 7) is 6.25. The summed E-state index contributed by atoms with van der Waals surface area (Å²) in [5.41, 5.74) is 0.785. The number of hydrogen-bond acceptors (Lipinski definition) is 3. The first-order valence-electron chi connectivity index (χ1n) is 8.24. The van der Waals surface area contributed by atoms with Gasteiger partial charge in [-0.15, -0.1) is 0 Å². The Balaban J connectivity index is 1.94. The molecule has 0 aliphatic heterocycles. The van der Waals surface area contributed by atoms with E-state index in [4.69, 9.17) is 4.74 Å². The minimum atomic E-state index is 0.213. The molecule has 1 fully saturated rings. The fraction of sp³-hybridized carbons (Fsp3) is 0.611. The van der Waals surface area contributed by atoms with E-state index in [1.807, 2.05) is 31.2 Å². The van der Waals surface area contributed by atoms with Crippen LogP contribution in [-0.4, -0.2) is 36.4 Å². The van der Waals surface area contributed by atoms with Crippen LogP contribution < -0.4 is 4.74 Å². The summed E-state index contributed by atoms with van der Waals surface area (Å²) >= 11 is 0. The molecule has 1 aromatic rings.